The van der Waals surface area contributed by atoms with Crippen molar-refractivity contribution in [1.29, 1.82) is 0 Å². The Hall–Kier alpha value is -1.28. The van der Waals surface area contributed by atoms with Crippen molar-refractivity contribution >= 4 is 17.6 Å². The zero-order valence-electron chi connectivity index (χ0n) is 18.6. The van der Waals surface area contributed by atoms with E-state index >= 15 is 0 Å². The van der Waals surface area contributed by atoms with E-state index in [1.165, 1.54) is 25.7 Å². The number of ether oxygens (including phenoxy) is 1. The van der Waals surface area contributed by atoms with Crippen LogP contribution in [0.15, 0.2) is 48.6 Å². The van der Waals surface area contributed by atoms with E-state index in [1.54, 1.807) is 0 Å². The van der Waals surface area contributed by atoms with Crippen LogP contribution in [0, 0.1) is 0 Å². The first-order chi connectivity index (χ1) is 14.3. The summed E-state index contributed by atoms with van der Waals surface area (Å²) in [4.78, 5) is 11.6. The number of esters is 1. The summed E-state index contributed by atoms with van der Waals surface area (Å²) in [5.41, 5.74) is 0. The Balaban J connectivity index is 3.43. The standard InChI is InChI=1S/C26H43ClO2/c1-2-3-4-5-6-7-8-9-10-11-12-13-14-15-16-17-20-23-26(28)29-25-22-19-18-21-24-27/h6-7,9-10,12-13,15-16H,2-5,8,11,14,17-25H2,1H3. The highest BCUT2D eigenvalue weighted by molar-refractivity contribution is 6.17. The fourth-order valence-electron chi connectivity index (χ4n) is 2.73. The van der Waals surface area contributed by atoms with E-state index < -0.39 is 0 Å². The Morgan fingerprint density at radius 3 is 1.83 bits per heavy atom. The average Bonchev–Trinajstić information content (AvgIpc) is 2.73. The first-order valence-corrected chi connectivity index (χ1v) is 12.2. The van der Waals surface area contributed by atoms with Crippen molar-refractivity contribution in [3.8, 4) is 0 Å². The maximum Gasteiger partial charge on any atom is 0.305 e. The van der Waals surface area contributed by atoms with Gasteiger partial charge in [-0.3, -0.25) is 4.79 Å². The van der Waals surface area contributed by atoms with Gasteiger partial charge in [-0.05, 0) is 57.8 Å². The molecule has 3 heteroatoms. The summed E-state index contributed by atoms with van der Waals surface area (Å²) in [6, 6.07) is 0. The highest BCUT2D eigenvalue weighted by Crippen LogP contribution is 2.04. The molecule has 0 spiro atoms. The van der Waals surface area contributed by atoms with Crippen LogP contribution < -0.4 is 0 Å². The molecule has 29 heavy (non-hydrogen) atoms. The van der Waals surface area contributed by atoms with Crippen LogP contribution in [0.25, 0.3) is 0 Å². The van der Waals surface area contributed by atoms with Gasteiger partial charge in [-0.25, -0.2) is 0 Å². The molecule has 0 aliphatic carbocycles. The summed E-state index contributed by atoms with van der Waals surface area (Å²) in [5, 5.41) is 0. The Kier molecular flexibility index (Phi) is 23.7. The molecule has 0 amide bonds. The van der Waals surface area contributed by atoms with Gasteiger partial charge in [0.05, 0.1) is 6.61 Å². The van der Waals surface area contributed by atoms with Crippen molar-refractivity contribution < 1.29 is 9.53 Å². The van der Waals surface area contributed by atoms with E-state index in [-0.39, 0.29) is 5.97 Å². The molecule has 0 unspecified atom stereocenters. The molecule has 0 bridgehead atoms. The van der Waals surface area contributed by atoms with Crippen LogP contribution >= 0.6 is 11.6 Å². The molecule has 0 rings (SSSR count). The molecule has 0 heterocycles. The van der Waals surface area contributed by atoms with Gasteiger partial charge in [-0.2, -0.15) is 0 Å². The second-order valence-electron chi connectivity index (χ2n) is 7.30. The van der Waals surface area contributed by atoms with Crippen LogP contribution in [0.5, 0.6) is 0 Å². The molecule has 0 aromatic rings. The van der Waals surface area contributed by atoms with Crippen molar-refractivity contribution in [2.45, 2.75) is 96.8 Å². The third-order valence-corrected chi connectivity index (χ3v) is 4.77. The van der Waals surface area contributed by atoms with Gasteiger partial charge < -0.3 is 4.74 Å². The highest BCUT2D eigenvalue weighted by atomic mass is 35.5. The van der Waals surface area contributed by atoms with Gasteiger partial charge in [-0.1, -0.05) is 81.2 Å². The van der Waals surface area contributed by atoms with E-state index in [0.717, 1.165) is 63.7 Å². The molecule has 0 aliphatic heterocycles. The van der Waals surface area contributed by atoms with Gasteiger partial charge in [0, 0.05) is 12.3 Å². The third-order valence-electron chi connectivity index (χ3n) is 4.50. The summed E-state index contributed by atoms with van der Waals surface area (Å²) < 4.78 is 5.23. The van der Waals surface area contributed by atoms with Crippen LogP contribution in [0.3, 0.4) is 0 Å². The van der Waals surface area contributed by atoms with E-state index in [4.69, 9.17) is 16.3 Å². The average molecular weight is 423 g/mol. The Bertz CT molecular complexity index is 463. The normalized spacial score (nSPS) is 12.2. The van der Waals surface area contributed by atoms with Gasteiger partial charge in [0.15, 0.2) is 0 Å². The molecule has 0 saturated carbocycles. The van der Waals surface area contributed by atoms with Gasteiger partial charge in [0.2, 0.25) is 0 Å². The lowest BCUT2D eigenvalue weighted by molar-refractivity contribution is -0.143. The first kappa shape index (κ1) is 27.7. The van der Waals surface area contributed by atoms with Crippen molar-refractivity contribution in [2.24, 2.45) is 0 Å². The lowest BCUT2D eigenvalue weighted by atomic mass is 10.2. The van der Waals surface area contributed by atoms with Gasteiger partial charge in [0.1, 0.15) is 0 Å². The van der Waals surface area contributed by atoms with E-state index in [1.807, 2.05) is 0 Å². The number of halogens is 1. The van der Waals surface area contributed by atoms with Crippen LogP contribution in [-0.4, -0.2) is 18.5 Å². The second-order valence-corrected chi connectivity index (χ2v) is 7.68. The Morgan fingerprint density at radius 1 is 0.690 bits per heavy atom. The fraction of sp³-hybridized carbons (Fsp3) is 0.654. The smallest absolute Gasteiger partial charge is 0.305 e. The van der Waals surface area contributed by atoms with Crippen molar-refractivity contribution in [3.05, 3.63) is 48.6 Å². The second kappa shape index (κ2) is 24.8. The van der Waals surface area contributed by atoms with Crippen LogP contribution in [0.4, 0.5) is 0 Å². The molecule has 0 fully saturated rings. The summed E-state index contributed by atoms with van der Waals surface area (Å²) in [6.45, 7) is 2.79. The SMILES string of the molecule is CCCCCC=CCC=CCC=CCC=CCCCC(=O)OCCCCCCCl. The summed E-state index contributed by atoms with van der Waals surface area (Å²) in [7, 11) is 0. The number of hydrogen-bond donors (Lipinski definition) is 0. The maximum atomic E-state index is 11.6. The minimum atomic E-state index is -0.0711. The molecule has 0 N–H and O–H groups in total. The highest BCUT2D eigenvalue weighted by Gasteiger charge is 2.01. The molecular weight excluding hydrogens is 380 g/mol. The molecule has 0 saturated heterocycles. The number of carbonyl (C=O) groups is 1. The molecule has 0 atom stereocenters. The first-order valence-electron chi connectivity index (χ1n) is 11.6. The minimum Gasteiger partial charge on any atom is -0.466 e. The Morgan fingerprint density at radius 2 is 1.24 bits per heavy atom. The van der Waals surface area contributed by atoms with Gasteiger partial charge >= 0.3 is 5.97 Å². The summed E-state index contributed by atoms with van der Waals surface area (Å²) in [5.74, 6) is 0.648. The molecule has 0 aromatic carbocycles. The van der Waals surface area contributed by atoms with Gasteiger partial charge in [-0.15, -0.1) is 11.6 Å². The van der Waals surface area contributed by atoms with Crippen LogP contribution in [0.1, 0.15) is 96.8 Å². The summed E-state index contributed by atoms with van der Waals surface area (Å²) >= 11 is 5.63. The van der Waals surface area contributed by atoms with E-state index in [9.17, 15) is 4.79 Å². The number of hydrogen-bond acceptors (Lipinski definition) is 2. The minimum absolute atomic E-state index is 0.0711. The van der Waals surface area contributed by atoms with Crippen molar-refractivity contribution in [1.82, 2.24) is 0 Å². The summed E-state index contributed by atoms with van der Waals surface area (Å²) in [6.07, 6.45) is 32.4. The quantitative estimate of drug-likeness (QED) is 0.0850. The monoisotopic (exact) mass is 422 g/mol. The fourth-order valence-corrected chi connectivity index (χ4v) is 2.92. The van der Waals surface area contributed by atoms with Crippen LogP contribution in [-0.2, 0) is 9.53 Å². The van der Waals surface area contributed by atoms with Crippen molar-refractivity contribution in [2.75, 3.05) is 12.5 Å². The number of unbranched alkanes of at least 4 members (excludes halogenated alkanes) is 7. The molecule has 0 aliphatic rings. The topological polar surface area (TPSA) is 26.3 Å². The molecule has 2 nitrogen and oxygen atoms in total. The van der Waals surface area contributed by atoms with Gasteiger partial charge in [0.25, 0.3) is 0 Å². The zero-order chi connectivity index (χ0) is 21.3. The predicted octanol–water partition coefficient (Wildman–Crippen LogP) is 8.47. The third kappa shape index (κ3) is 24.7. The predicted molar refractivity (Wildman–Crippen MR) is 129 cm³/mol. The molecular formula is C26H43ClO2. The van der Waals surface area contributed by atoms with E-state index in [0.29, 0.717) is 13.0 Å². The molecule has 0 aromatic heterocycles. The lowest BCUT2D eigenvalue weighted by Gasteiger charge is -2.03. The molecule has 166 valence electrons. The zero-order valence-corrected chi connectivity index (χ0v) is 19.4. The molecule has 0 radical (unpaired) electrons. The van der Waals surface area contributed by atoms with Crippen molar-refractivity contribution in [3.63, 3.8) is 0 Å². The number of carbonyl (C=O) groups excluding carboxylic acids is 1. The number of rotatable bonds is 20. The number of allylic oxidation sites excluding steroid dienone is 8. The van der Waals surface area contributed by atoms with E-state index in [2.05, 4.69) is 55.5 Å². The largest absolute Gasteiger partial charge is 0.466 e. The maximum absolute atomic E-state index is 11.6. The van der Waals surface area contributed by atoms with Crippen LogP contribution in [0.2, 0.25) is 0 Å². The number of alkyl halides is 1. The Labute approximate surface area is 185 Å². The lowest BCUT2D eigenvalue weighted by Crippen LogP contribution is -2.05.